The summed E-state index contributed by atoms with van der Waals surface area (Å²) in [5, 5.41) is 10.9. The number of aromatic nitrogens is 2. The first-order valence-electron chi connectivity index (χ1n) is 9.56. The van der Waals surface area contributed by atoms with Gasteiger partial charge in [-0.2, -0.15) is 5.10 Å². The highest BCUT2D eigenvalue weighted by atomic mass is 16.5. The van der Waals surface area contributed by atoms with E-state index in [1.54, 1.807) is 6.20 Å². The quantitative estimate of drug-likeness (QED) is 0.555. The second-order valence-electron chi connectivity index (χ2n) is 7.05. The number of aromatic amines is 1. The van der Waals surface area contributed by atoms with E-state index in [9.17, 15) is 4.79 Å². The van der Waals surface area contributed by atoms with Gasteiger partial charge in [0, 0.05) is 34.4 Å². The Morgan fingerprint density at radius 2 is 1.97 bits per heavy atom. The number of rotatable bonds is 3. The number of para-hydroxylation sites is 1. The second-order valence-corrected chi connectivity index (χ2v) is 7.05. The molecule has 0 spiro atoms. The predicted octanol–water partition coefficient (Wildman–Crippen LogP) is 4.21. The average molecular weight is 384 g/mol. The summed E-state index contributed by atoms with van der Waals surface area (Å²) in [4.78, 5) is 15.0. The number of nitrogens with one attached hydrogen (secondary N) is 2. The van der Waals surface area contributed by atoms with E-state index in [4.69, 9.17) is 4.74 Å². The second kappa shape index (κ2) is 7.31. The molecule has 144 valence electrons. The molecule has 1 amide bonds. The molecule has 0 aliphatic carbocycles. The Kier molecular flexibility index (Phi) is 4.37. The van der Waals surface area contributed by atoms with E-state index in [0.717, 1.165) is 41.0 Å². The Labute approximate surface area is 168 Å². The van der Waals surface area contributed by atoms with Crippen LogP contribution in [-0.2, 0) is 6.54 Å². The molecule has 0 saturated heterocycles. The first-order chi connectivity index (χ1) is 14.3. The van der Waals surface area contributed by atoms with Crippen LogP contribution in [0, 0.1) is 0 Å². The molecule has 2 N–H and O–H groups in total. The zero-order valence-corrected chi connectivity index (χ0v) is 15.8. The Morgan fingerprint density at radius 3 is 2.86 bits per heavy atom. The predicted molar refractivity (Wildman–Crippen MR) is 113 cm³/mol. The first-order valence-corrected chi connectivity index (χ1v) is 9.56. The fourth-order valence-corrected chi connectivity index (χ4v) is 3.59. The van der Waals surface area contributed by atoms with E-state index in [1.165, 1.54) is 5.69 Å². The smallest absolute Gasteiger partial charge is 0.255 e. The number of nitrogens with zero attached hydrogens (tertiary/aromatic N) is 2. The van der Waals surface area contributed by atoms with Crippen molar-refractivity contribution in [3.8, 4) is 5.75 Å². The van der Waals surface area contributed by atoms with Crippen LogP contribution in [0.1, 0.15) is 15.9 Å². The van der Waals surface area contributed by atoms with Gasteiger partial charge in [0.1, 0.15) is 12.4 Å². The van der Waals surface area contributed by atoms with E-state index < -0.39 is 0 Å². The van der Waals surface area contributed by atoms with Gasteiger partial charge in [0.25, 0.3) is 5.91 Å². The molecule has 1 aliphatic rings. The molecular formula is C23H20N4O2. The number of hydrogen-bond acceptors (Lipinski definition) is 4. The van der Waals surface area contributed by atoms with Crippen molar-refractivity contribution in [3.63, 3.8) is 0 Å². The van der Waals surface area contributed by atoms with Crippen LogP contribution >= 0.6 is 0 Å². The third-order valence-corrected chi connectivity index (χ3v) is 5.13. The molecule has 1 aliphatic heterocycles. The van der Waals surface area contributed by atoms with Crippen molar-refractivity contribution in [2.75, 3.05) is 23.4 Å². The standard InChI is InChI=1S/C23H20N4O2/c28-23(25-19-9-8-17-14-24-26-21(17)13-19)16-6-7-18-15-27(10-11-29-22(18)12-16)20-4-2-1-3-5-20/h1-9,12-14H,10-11,15H2,(H,24,26)(H,25,28). The van der Waals surface area contributed by atoms with Gasteiger partial charge in [-0.05, 0) is 42.5 Å². The molecule has 0 radical (unpaired) electrons. The molecule has 0 unspecified atom stereocenters. The van der Waals surface area contributed by atoms with E-state index in [-0.39, 0.29) is 5.91 Å². The van der Waals surface area contributed by atoms with E-state index in [2.05, 4.69) is 32.5 Å². The zero-order valence-electron chi connectivity index (χ0n) is 15.8. The molecule has 5 rings (SSSR count). The number of benzene rings is 3. The molecule has 0 bridgehead atoms. The maximum absolute atomic E-state index is 12.7. The summed E-state index contributed by atoms with van der Waals surface area (Å²) < 4.78 is 5.95. The first kappa shape index (κ1) is 17.3. The molecule has 6 heteroatoms. The van der Waals surface area contributed by atoms with Gasteiger partial charge in [0.05, 0.1) is 18.3 Å². The zero-order chi connectivity index (χ0) is 19.6. The van der Waals surface area contributed by atoms with Crippen LogP contribution in [0.3, 0.4) is 0 Å². The SMILES string of the molecule is O=C(Nc1ccc2cn[nH]c2c1)c1ccc2c(c1)OCCN(c1ccccc1)C2. The topological polar surface area (TPSA) is 70.2 Å². The third-order valence-electron chi connectivity index (χ3n) is 5.13. The summed E-state index contributed by atoms with van der Waals surface area (Å²) in [7, 11) is 0. The highest BCUT2D eigenvalue weighted by molar-refractivity contribution is 6.05. The number of anilines is 2. The van der Waals surface area contributed by atoms with Gasteiger partial charge < -0.3 is 15.0 Å². The number of amides is 1. The Balaban J connectivity index is 1.36. The minimum atomic E-state index is -0.167. The molecule has 2 heterocycles. The van der Waals surface area contributed by atoms with Crippen molar-refractivity contribution in [1.82, 2.24) is 10.2 Å². The monoisotopic (exact) mass is 384 g/mol. The number of hydrogen-bond donors (Lipinski definition) is 2. The molecule has 0 saturated carbocycles. The van der Waals surface area contributed by atoms with Gasteiger partial charge in [0.15, 0.2) is 0 Å². The summed E-state index contributed by atoms with van der Waals surface area (Å²) >= 11 is 0. The Bertz CT molecular complexity index is 1170. The Hall–Kier alpha value is -3.80. The molecule has 6 nitrogen and oxygen atoms in total. The maximum atomic E-state index is 12.7. The number of ether oxygens (including phenoxy) is 1. The summed E-state index contributed by atoms with van der Waals surface area (Å²) in [6.07, 6.45) is 1.75. The highest BCUT2D eigenvalue weighted by Crippen LogP contribution is 2.28. The molecule has 3 aromatic carbocycles. The number of fused-ring (bicyclic) bond motifs is 2. The lowest BCUT2D eigenvalue weighted by atomic mass is 10.1. The van der Waals surface area contributed by atoms with Gasteiger partial charge in [-0.3, -0.25) is 9.89 Å². The van der Waals surface area contributed by atoms with Crippen LogP contribution in [0.15, 0.2) is 72.9 Å². The summed E-state index contributed by atoms with van der Waals surface area (Å²) in [5.41, 5.74) is 4.41. The highest BCUT2D eigenvalue weighted by Gasteiger charge is 2.18. The summed E-state index contributed by atoms with van der Waals surface area (Å²) in [6, 6.07) is 21.6. The minimum absolute atomic E-state index is 0.167. The van der Waals surface area contributed by atoms with E-state index in [1.807, 2.05) is 54.6 Å². The van der Waals surface area contributed by atoms with Crippen LogP contribution in [-0.4, -0.2) is 29.3 Å². The maximum Gasteiger partial charge on any atom is 0.255 e. The lowest BCUT2D eigenvalue weighted by Crippen LogP contribution is -2.25. The van der Waals surface area contributed by atoms with Gasteiger partial charge in [-0.15, -0.1) is 0 Å². The fourth-order valence-electron chi connectivity index (χ4n) is 3.59. The molecule has 1 aromatic heterocycles. The lowest BCUT2D eigenvalue weighted by Gasteiger charge is -2.21. The van der Waals surface area contributed by atoms with Crippen LogP contribution in [0.2, 0.25) is 0 Å². The van der Waals surface area contributed by atoms with Crippen LogP contribution in [0.25, 0.3) is 10.9 Å². The van der Waals surface area contributed by atoms with E-state index >= 15 is 0 Å². The fraction of sp³-hybridized carbons (Fsp3) is 0.130. The molecule has 0 fully saturated rings. The van der Waals surface area contributed by atoms with Crippen molar-refractivity contribution in [3.05, 3.63) is 84.1 Å². The molecule has 0 atom stereocenters. The van der Waals surface area contributed by atoms with Gasteiger partial charge >= 0.3 is 0 Å². The van der Waals surface area contributed by atoms with Crippen molar-refractivity contribution < 1.29 is 9.53 Å². The average Bonchev–Trinajstić information content (AvgIpc) is 3.11. The van der Waals surface area contributed by atoms with Gasteiger partial charge in [0.2, 0.25) is 0 Å². The van der Waals surface area contributed by atoms with Crippen molar-refractivity contribution in [2.45, 2.75) is 6.54 Å². The molecule has 29 heavy (non-hydrogen) atoms. The summed E-state index contributed by atoms with van der Waals surface area (Å²) in [5.74, 6) is 0.597. The normalized spacial score (nSPS) is 13.4. The number of H-pyrrole nitrogens is 1. The molecular weight excluding hydrogens is 364 g/mol. The largest absolute Gasteiger partial charge is 0.491 e. The van der Waals surface area contributed by atoms with Crippen molar-refractivity contribution in [2.24, 2.45) is 0 Å². The van der Waals surface area contributed by atoms with Gasteiger partial charge in [-0.25, -0.2) is 0 Å². The summed E-state index contributed by atoms with van der Waals surface area (Å²) in [6.45, 7) is 2.12. The number of carbonyl (C=O) groups excluding carboxylic acids is 1. The van der Waals surface area contributed by atoms with Crippen LogP contribution in [0.5, 0.6) is 5.75 Å². The Morgan fingerprint density at radius 1 is 1.07 bits per heavy atom. The van der Waals surface area contributed by atoms with E-state index in [0.29, 0.717) is 12.2 Å². The van der Waals surface area contributed by atoms with Crippen LogP contribution in [0.4, 0.5) is 11.4 Å². The number of carbonyl (C=O) groups is 1. The van der Waals surface area contributed by atoms with Crippen molar-refractivity contribution in [1.29, 1.82) is 0 Å². The van der Waals surface area contributed by atoms with Crippen molar-refractivity contribution >= 4 is 28.2 Å². The van der Waals surface area contributed by atoms with Crippen LogP contribution < -0.4 is 15.0 Å². The lowest BCUT2D eigenvalue weighted by molar-refractivity contribution is 0.102. The minimum Gasteiger partial charge on any atom is -0.491 e. The third kappa shape index (κ3) is 3.52. The molecule has 4 aromatic rings. The van der Waals surface area contributed by atoms with Gasteiger partial charge in [-0.1, -0.05) is 24.3 Å².